The number of thiophene rings is 1. The lowest BCUT2D eigenvalue weighted by molar-refractivity contribution is -0.116. The molecule has 1 aliphatic carbocycles. The molecule has 1 N–H and O–H groups in total. The Morgan fingerprint density at radius 3 is 2.79 bits per heavy atom. The van der Waals surface area contributed by atoms with Crippen molar-refractivity contribution in [2.75, 3.05) is 5.32 Å². The molecule has 0 aliphatic heterocycles. The fourth-order valence-electron chi connectivity index (χ4n) is 4.11. The number of aromatic nitrogens is 2. The van der Waals surface area contributed by atoms with Crippen LogP contribution in [0.3, 0.4) is 0 Å². The topological polar surface area (TPSA) is 64.0 Å². The molecule has 5 nitrogen and oxygen atoms in total. The van der Waals surface area contributed by atoms with Crippen LogP contribution in [0.25, 0.3) is 10.2 Å². The maximum Gasteiger partial charge on any atom is 0.262 e. The van der Waals surface area contributed by atoms with E-state index in [4.69, 9.17) is 0 Å². The molecule has 0 unspecified atom stereocenters. The molecular formula is C23H27N3O2S. The van der Waals surface area contributed by atoms with Gasteiger partial charge in [-0.1, -0.05) is 39.0 Å². The van der Waals surface area contributed by atoms with Gasteiger partial charge in [0.05, 0.1) is 11.7 Å². The zero-order chi connectivity index (χ0) is 20.8. The molecule has 2 heterocycles. The van der Waals surface area contributed by atoms with E-state index in [1.54, 1.807) is 11.3 Å². The molecule has 0 bridgehead atoms. The Morgan fingerprint density at radius 1 is 1.31 bits per heavy atom. The first kappa shape index (κ1) is 19.8. The molecule has 0 spiro atoms. The van der Waals surface area contributed by atoms with Crippen LogP contribution in [0.2, 0.25) is 0 Å². The van der Waals surface area contributed by atoms with E-state index in [2.05, 4.69) is 31.1 Å². The van der Waals surface area contributed by atoms with Gasteiger partial charge >= 0.3 is 0 Å². The molecule has 2 aromatic heterocycles. The SMILES string of the molecule is Cc1ccccc1NC(=O)Cn1cnc2sc3c(c2c1=O)CC[C@H](C(C)(C)C)C3. The molecule has 4 rings (SSSR count). The van der Waals surface area contributed by atoms with Crippen molar-refractivity contribution in [3.8, 4) is 0 Å². The van der Waals surface area contributed by atoms with Crippen LogP contribution in [0.15, 0.2) is 35.4 Å². The minimum Gasteiger partial charge on any atom is -0.324 e. The van der Waals surface area contributed by atoms with Crippen LogP contribution in [-0.4, -0.2) is 15.5 Å². The quantitative estimate of drug-likeness (QED) is 0.690. The van der Waals surface area contributed by atoms with Crippen molar-refractivity contribution in [2.24, 2.45) is 11.3 Å². The summed E-state index contributed by atoms with van der Waals surface area (Å²) >= 11 is 1.64. The second-order valence-electron chi connectivity index (χ2n) is 9.03. The Kier molecular flexibility index (Phi) is 5.07. The molecule has 0 radical (unpaired) electrons. The Morgan fingerprint density at radius 2 is 2.07 bits per heavy atom. The van der Waals surface area contributed by atoms with E-state index in [1.165, 1.54) is 15.8 Å². The van der Waals surface area contributed by atoms with Crippen LogP contribution < -0.4 is 10.9 Å². The van der Waals surface area contributed by atoms with Gasteiger partial charge < -0.3 is 5.32 Å². The molecule has 29 heavy (non-hydrogen) atoms. The van der Waals surface area contributed by atoms with Gasteiger partial charge in [0.1, 0.15) is 11.4 Å². The van der Waals surface area contributed by atoms with Gasteiger partial charge in [-0.15, -0.1) is 11.3 Å². The van der Waals surface area contributed by atoms with E-state index >= 15 is 0 Å². The van der Waals surface area contributed by atoms with Crippen LogP contribution in [0.4, 0.5) is 5.69 Å². The lowest BCUT2D eigenvalue weighted by Gasteiger charge is -2.33. The second kappa shape index (κ2) is 7.41. The fraction of sp³-hybridized carbons (Fsp3) is 0.435. The number of para-hydroxylation sites is 1. The van der Waals surface area contributed by atoms with Gasteiger partial charge in [0, 0.05) is 10.6 Å². The standard InChI is InChI=1S/C23H27N3O2S/c1-14-7-5-6-8-17(14)25-19(27)12-26-13-24-21-20(22(26)28)16-10-9-15(23(2,3)4)11-18(16)29-21/h5-8,13,15H,9-12H2,1-4H3,(H,25,27)/t15-/m0/s1. The molecule has 1 atom stereocenters. The van der Waals surface area contributed by atoms with E-state index in [-0.39, 0.29) is 23.4 Å². The lowest BCUT2D eigenvalue weighted by Crippen LogP contribution is -2.29. The predicted molar refractivity (Wildman–Crippen MR) is 119 cm³/mol. The number of amides is 1. The van der Waals surface area contributed by atoms with Crippen molar-refractivity contribution in [3.63, 3.8) is 0 Å². The van der Waals surface area contributed by atoms with Crippen LogP contribution in [-0.2, 0) is 24.2 Å². The van der Waals surface area contributed by atoms with Crippen LogP contribution in [0, 0.1) is 18.3 Å². The minimum atomic E-state index is -0.223. The van der Waals surface area contributed by atoms with Crippen LogP contribution in [0.5, 0.6) is 0 Å². The smallest absolute Gasteiger partial charge is 0.262 e. The highest BCUT2D eigenvalue weighted by Gasteiger charge is 2.31. The highest BCUT2D eigenvalue weighted by molar-refractivity contribution is 7.18. The first-order valence-corrected chi connectivity index (χ1v) is 10.9. The van der Waals surface area contributed by atoms with E-state index in [0.29, 0.717) is 11.3 Å². The third kappa shape index (κ3) is 3.86. The number of benzene rings is 1. The number of hydrogen-bond acceptors (Lipinski definition) is 4. The summed E-state index contributed by atoms with van der Waals surface area (Å²) < 4.78 is 1.43. The van der Waals surface area contributed by atoms with Crippen LogP contribution in [0.1, 0.15) is 43.2 Å². The summed E-state index contributed by atoms with van der Waals surface area (Å²) in [7, 11) is 0. The predicted octanol–water partition coefficient (Wildman–Crippen LogP) is 4.56. The Labute approximate surface area is 174 Å². The largest absolute Gasteiger partial charge is 0.324 e. The zero-order valence-electron chi connectivity index (χ0n) is 17.4. The number of hydrogen-bond donors (Lipinski definition) is 1. The molecule has 1 aromatic carbocycles. The third-order valence-corrected chi connectivity index (χ3v) is 7.16. The summed E-state index contributed by atoms with van der Waals surface area (Å²) in [5.41, 5.74) is 3.05. The molecule has 6 heteroatoms. The molecule has 152 valence electrons. The maximum absolute atomic E-state index is 13.1. The Bertz CT molecular complexity index is 1140. The summed E-state index contributed by atoms with van der Waals surface area (Å²) in [5, 5.41) is 3.60. The van der Waals surface area contributed by atoms with E-state index in [9.17, 15) is 9.59 Å². The molecule has 1 aliphatic rings. The molecule has 0 saturated heterocycles. The second-order valence-corrected chi connectivity index (χ2v) is 10.1. The van der Waals surface area contributed by atoms with E-state index < -0.39 is 0 Å². The highest BCUT2D eigenvalue weighted by Crippen LogP contribution is 2.41. The highest BCUT2D eigenvalue weighted by atomic mass is 32.1. The van der Waals surface area contributed by atoms with Gasteiger partial charge in [-0.05, 0) is 54.7 Å². The van der Waals surface area contributed by atoms with Crippen molar-refractivity contribution in [1.82, 2.24) is 9.55 Å². The lowest BCUT2D eigenvalue weighted by atomic mass is 9.72. The molecule has 3 aromatic rings. The van der Waals surface area contributed by atoms with Crippen molar-refractivity contribution >= 4 is 33.1 Å². The molecule has 0 saturated carbocycles. The number of carbonyl (C=O) groups excluding carboxylic acids is 1. The minimum absolute atomic E-state index is 0.0364. The van der Waals surface area contributed by atoms with Gasteiger partial charge in [0.25, 0.3) is 5.56 Å². The van der Waals surface area contributed by atoms with E-state index in [1.807, 2.05) is 31.2 Å². The number of carbonyl (C=O) groups is 1. The fourth-order valence-corrected chi connectivity index (χ4v) is 5.37. The average molecular weight is 410 g/mol. The number of anilines is 1. The molecular weight excluding hydrogens is 382 g/mol. The third-order valence-electron chi connectivity index (χ3n) is 5.99. The van der Waals surface area contributed by atoms with Gasteiger partial charge in [-0.25, -0.2) is 4.98 Å². The number of aryl methyl sites for hydroxylation is 2. The van der Waals surface area contributed by atoms with Gasteiger partial charge in [-0.2, -0.15) is 0 Å². The summed E-state index contributed by atoms with van der Waals surface area (Å²) in [6.45, 7) is 8.76. The monoisotopic (exact) mass is 409 g/mol. The van der Waals surface area contributed by atoms with Gasteiger partial charge in [0.15, 0.2) is 0 Å². The van der Waals surface area contributed by atoms with Crippen molar-refractivity contribution in [2.45, 2.75) is 53.5 Å². The first-order chi connectivity index (χ1) is 13.7. The Balaban J connectivity index is 1.61. The van der Waals surface area contributed by atoms with Gasteiger partial charge in [0.2, 0.25) is 5.91 Å². The van der Waals surface area contributed by atoms with E-state index in [0.717, 1.165) is 40.9 Å². The summed E-state index contributed by atoms with van der Waals surface area (Å²) in [4.78, 5) is 32.3. The van der Waals surface area contributed by atoms with Crippen molar-refractivity contribution in [1.29, 1.82) is 0 Å². The first-order valence-electron chi connectivity index (χ1n) is 10.1. The number of nitrogens with one attached hydrogen (secondary N) is 1. The van der Waals surface area contributed by atoms with Gasteiger partial charge in [-0.3, -0.25) is 14.2 Å². The molecule has 1 amide bonds. The Hall–Kier alpha value is -2.47. The van der Waals surface area contributed by atoms with Crippen molar-refractivity contribution in [3.05, 3.63) is 57.0 Å². The van der Waals surface area contributed by atoms with Crippen LogP contribution >= 0.6 is 11.3 Å². The number of rotatable bonds is 3. The number of nitrogens with zero attached hydrogens (tertiary/aromatic N) is 2. The summed E-state index contributed by atoms with van der Waals surface area (Å²) in [6.07, 6.45) is 4.51. The number of fused-ring (bicyclic) bond motifs is 3. The molecule has 0 fully saturated rings. The average Bonchev–Trinajstić information content (AvgIpc) is 3.03. The van der Waals surface area contributed by atoms with Crippen molar-refractivity contribution < 1.29 is 4.79 Å². The maximum atomic E-state index is 13.1. The summed E-state index contributed by atoms with van der Waals surface area (Å²) in [5.74, 6) is 0.393. The summed E-state index contributed by atoms with van der Waals surface area (Å²) in [6, 6.07) is 7.61. The zero-order valence-corrected chi connectivity index (χ0v) is 18.2. The normalized spacial score (nSPS) is 16.6.